The third kappa shape index (κ3) is 4.31. The lowest BCUT2D eigenvalue weighted by Gasteiger charge is -2.28. The second-order valence-electron chi connectivity index (χ2n) is 8.25. The minimum atomic E-state index is -1.16. The number of hydrogen-bond acceptors (Lipinski definition) is 7. The van der Waals surface area contributed by atoms with E-state index in [1.165, 1.54) is 17.4 Å². The lowest BCUT2D eigenvalue weighted by Crippen LogP contribution is -2.26. The number of nitrogens with zero attached hydrogens (tertiary/aromatic N) is 5. The van der Waals surface area contributed by atoms with E-state index >= 15 is 0 Å². The van der Waals surface area contributed by atoms with Crippen molar-refractivity contribution in [1.82, 2.24) is 4.98 Å². The summed E-state index contributed by atoms with van der Waals surface area (Å²) in [6.45, 7) is 6.31. The van der Waals surface area contributed by atoms with E-state index in [9.17, 15) is 10.1 Å². The van der Waals surface area contributed by atoms with Crippen molar-refractivity contribution in [3.05, 3.63) is 92.1 Å². The van der Waals surface area contributed by atoms with Gasteiger partial charge in [0.25, 0.3) is 5.70 Å². The van der Waals surface area contributed by atoms with Gasteiger partial charge in [0, 0.05) is 18.6 Å². The normalized spacial score (nSPS) is 18.9. The number of nitrogens with two attached hydrogens (primary N) is 1. The zero-order valence-electron chi connectivity index (χ0n) is 18.6. The third-order valence-corrected chi connectivity index (χ3v) is 6.85. The Bertz CT molecular complexity index is 1300. The minimum Gasteiger partial charge on any atom is -0.322 e. The average Bonchev–Trinajstić information content (AvgIpc) is 3.24. The molecule has 0 amide bonds. The Hall–Kier alpha value is -3.72. The number of nitro groups is 1. The Kier molecular flexibility index (Phi) is 6.15. The van der Waals surface area contributed by atoms with Gasteiger partial charge < -0.3 is 5.84 Å². The Morgan fingerprint density at radius 1 is 1.24 bits per heavy atom. The zero-order valence-corrected chi connectivity index (χ0v) is 19.4. The van der Waals surface area contributed by atoms with Gasteiger partial charge in [-0.1, -0.05) is 44.2 Å². The molecule has 1 heterocycles. The summed E-state index contributed by atoms with van der Waals surface area (Å²) in [6, 6.07) is 13.8. The number of azo groups is 1. The lowest BCUT2D eigenvalue weighted by atomic mass is 9.80. The van der Waals surface area contributed by atoms with Crippen LogP contribution in [0, 0.1) is 17.0 Å². The molecule has 0 saturated heterocycles. The van der Waals surface area contributed by atoms with Crippen LogP contribution < -0.4 is 5.84 Å². The van der Waals surface area contributed by atoms with E-state index in [2.05, 4.69) is 42.2 Å². The number of allylic oxidation sites excluding steroid dienone is 1. The molecule has 0 radical (unpaired) electrons. The standard InChI is InChI=1S/C24H24N6O2S/c1-15(2)22-16(3)7-6-8-19(22)17-11-18(30(31)32)13-24(12-17,29-27-14-26-25)23-28-20-9-4-5-10-21(20)33-23/h4-11,13-15H,12,25H2,1-3H3. The number of aryl methyl sites for hydroxylation is 1. The highest BCUT2D eigenvalue weighted by Gasteiger charge is 2.41. The van der Waals surface area contributed by atoms with E-state index in [1.54, 1.807) is 6.08 Å². The molecule has 2 aromatic carbocycles. The van der Waals surface area contributed by atoms with E-state index in [-0.39, 0.29) is 11.6 Å². The molecular weight excluding hydrogens is 436 g/mol. The summed E-state index contributed by atoms with van der Waals surface area (Å²) in [5.41, 5.74) is 3.70. The van der Waals surface area contributed by atoms with Crippen LogP contribution >= 0.6 is 11.3 Å². The van der Waals surface area contributed by atoms with Gasteiger partial charge in [0.1, 0.15) is 5.01 Å². The van der Waals surface area contributed by atoms with Crippen LogP contribution in [0.1, 0.15) is 47.9 Å². The van der Waals surface area contributed by atoms with E-state index in [0.717, 1.165) is 38.8 Å². The van der Waals surface area contributed by atoms with E-state index in [0.29, 0.717) is 11.4 Å². The first kappa shape index (κ1) is 22.5. The van der Waals surface area contributed by atoms with Gasteiger partial charge >= 0.3 is 0 Å². The molecular formula is C24H24N6O2S. The second-order valence-corrected chi connectivity index (χ2v) is 9.29. The maximum Gasteiger partial charge on any atom is 0.268 e. The molecule has 2 N–H and O–H groups in total. The zero-order chi connectivity index (χ0) is 23.6. The molecule has 1 aliphatic carbocycles. The summed E-state index contributed by atoms with van der Waals surface area (Å²) in [5.74, 6) is 5.46. The molecule has 1 unspecified atom stereocenters. The molecule has 0 aliphatic heterocycles. The van der Waals surface area contributed by atoms with Gasteiger partial charge in [-0.15, -0.1) is 16.5 Å². The van der Waals surface area contributed by atoms with Crippen LogP contribution in [0.15, 0.2) is 75.6 Å². The number of benzene rings is 2. The number of thiazole rings is 1. The molecule has 9 heteroatoms. The summed E-state index contributed by atoms with van der Waals surface area (Å²) >= 11 is 1.45. The highest BCUT2D eigenvalue weighted by atomic mass is 32.1. The van der Waals surface area contributed by atoms with E-state index in [4.69, 9.17) is 10.8 Å². The van der Waals surface area contributed by atoms with Crippen LogP contribution in [-0.2, 0) is 5.54 Å². The van der Waals surface area contributed by atoms with Crippen molar-refractivity contribution < 1.29 is 4.92 Å². The molecule has 1 aromatic heterocycles. The molecule has 168 valence electrons. The first-order valence-corrected chi connectivity index (χ1v) is 11.3. The van der Waals surface area contributed by atoms with Gasteiger partial charge in [-0.3, -0.25) is 10.1 Å². The monoisotopic (exact) mass is 460 g/mol. The fraction of sp³-hybridized carbons (Fsp3) is 0.250. The van der Waals surface area contributed by atoms with Crippen LogP contribution in [0.3, 0.4) is 0 Å². The maximum atomic E-state index is 12.0. The Labute approximate surface area is 195 Å². The highest BCUT2D eigenvalue weighted by Crippen LogP contribution is 2.46. The molecule has 4 rings (SSSR count). The van der Waals surface area contributed by atoms with E-state index < -0.39 is 10.5 Å². The number of hydrazone groups is 1. The molecule has 3 aromatic rings. The molecule has 0 saturated carbocycles. The number of hydrogen-bond donors (Lipinski definition) is 1. The van der Waals surface area contributed by atoms with E-state index in [1.807, 2.05) is 36.4 Å². The quantitative estimate of drug-likeness (QED) is 0.122. The largest absolute Gasteiger partial charge is 0.322 e. The predicted octanol–water partition coefficient (Wildman–Crippen LogP) is 5.93. The Morgan fingerprint density at radius 2 is 2.03 bits per heavy atom. The fourth-order valence-electron chi connectivity index (χ4n) is 4.32. The highest BCUT2D eigenvalue weighted by molar-refractivity contribution is 7.18. The third-order valence-electron chi connectivity index (χ3n) is 5.65. The first-order chi connectivity index (χ1) is 15.8. The van der Waals surface area contributed by atoms with Gasteiger partial charge in [0.15, 0.2) is 11.9 Å². The van der Waals surface area contributed by atoms with Gasteiger partial charge in [0.2, 0.25) is 0 Å². The van der Waals surface area contributed by atoms with Crippen molar-refractivity contribution in [2.45, 2.75) is 38.6 Å². The molecule has 1 aliphatic rings. The summed E-state index contributed by atoms with van der Waals surface area (Å²) in [4.78, 5) is 16.4. The summed E-state index contributed by atoms with van der Waals surface area (Å²) in [5, 5.41) is 24.5. The minimum absolute atomic E-state index is 0.0460. The topological polar surface area (TPSA) is 119 Å². The van der Waals surface area contributed by atoms with Crippen LogP contribution in [-0.4, -0.2) is 16.2 Å². The van der Waals surface area contributed by atoms with Crippen molar-refractivity contribution in [1.29, 1.82) is 0 Å². The maximum absolute atomic E-state index is 12.0. The first-order valence-electron chi connectivity index (χ1n) is 10.5. The summed E-state index contributed by atoms with van der Waals surface area (Å²) < 4.78 is 0.972. The molecule has 1 atom stereocenters. The number of rotatable bonds is 6. The van der Waals surface area contributed by atoms with Crippen molar-refractivity contribution in [3.8, 4) is 0 Å². The Morgan fingerprint density at radius 3 is 2.73 bits per heavy atom. The van der Waals surface area contributed by atoms with Crippen molar-refractivity contribution in [2.75, 3.05) is 0 Å². The molecule has 0 fully saturated rings. The fourth-order valence-corrected chi connectivity index (χ4v) is 5.39. The van der Waals surface area contributed by atoms with Crippen molar-refractivity contribution >= 4 is 33.5 Å². The van der Waals surface area contributed by atoms with Crippen LogP contribution in [0.4, 0.5) is 0 Å². The number of aromatic nitrogens is 1. The summed E-state index contributed by atoms with van der Waals surface area (Å²) in [6.07, 6.45) is 4.67. The number of fused-ring (bicyclic) bond motifs is 1. The second kappa shape index (κ2) is 9.03. The smallest absolute Gasteiger partial charge is 0.268 e. The van der Waals surface area contributed by atoms with Crippen LogP contribution in [0.2, 0.25) is 0 Å². The summed E-state index contributed by atoms with van der Waals surface area (Å²) in [7, 11) is 0. The van der Waals surface area contributed by atoms with Crippen molar-refractivity contribution in [2.24, 2.45) is 21.2 Å². The van der Waals surface area contributed by atoms with Gasteiger partial charge in [-0.05, 0) is 47.2 Å². The molecule has 0 bridgehead atoms. The average molecular weight is 461 g/mol. The van der Waals surface area contributed by atoms with Crippen molar-refractivity contribution in [3.63, 3.8) is 0 Å². The number of para-hydroxylation sites is 1. The molecule has 8 nitrogen and oxygen atoms in total. The lowest BCUT2D eigenvalue weighted by molar-refractivity contribution is -0.419. The van der Waals surface area contributed by atoms with Gasteiger partial charge in [0.05, 0.1) is 15.1 Å². The van der Waals surface area contributed by atoms with Gasteiger partial charge in [-0.25, -0.2) is 4.98 Å². The Balaban J connectivity index is 1.96. The van der Waals surface area contributed by atoms with Crippen LogP contribution in [0.5, 0.6) is 0 Å². The molecule has 0 spiro atoms. The molecule has 33 heavy (non-hydrogen) atoms. The van der Waals surface area contributed by atoms with Crippen LogP contribution in [0.25, 0.3) is 15.8 Å². The predicted molar refractivity (Wildman–Crippen MR) is 132 cm³/mol. The SMILES string of the molecule is Cc1cccc(C2=CC([N+](=O)[O-])=CC(N=NC=NN)(c3nc4ccccc4s3)C2)c1C(C)C. The van der Waals surface area contributed by atoms with Gasteiger partial charge in [-0.2, -0.15) is 10.2 Å².